The van der Waals surface area contributed by atoms with E-state index < -0.39 is 5.60 Å². The van der Waals surface area contributed by atoms with Gasteiger partial charge in [-0.2, -0.15) is 0 Å². The van der Waals surface area contributed by atoms with Crippen molar-refractivity contribution in [3.63, 3.8) is 0 Å². The number of benzene rings is 2. The number of fused-ring (bicyclic) bond motifs is 2. The fourth-order valence-electron chi connectivity index (χ4n) is 2.23. The first-order chi connectivity index (χ1) is 10.0. The van der Waals surface area contributed by atoms with Crippen molar-refractivity contribution in [2.24, 2.45) is 0 Å². The van der Waals surface area contributed by atoms with Crippen LogP contribution in [0.5, 0.6) is 5.75 Å². The van der Waals surface area contributed by atoms with E-state index in [0.29, 0.717) is 27.7 Å². The standard InChI is InChI=1S/C18H16O3/c1-4-18(2,3)21-15-11-7-10-14-16(15)17(19)12-8-5-6-9-13(12)20-14/h4-11H,1H2,2-3H3. The fraction of sp³-hybridized carbons (Fsp3) is 0.167. The summed E-state index contributed by atoms with van der Waals surface area (Å²) in [6.07, 6.45) is 1.70. The summed E-state index contributed by atoms with van der Waals surface area (Å²) in [5.41, 5.74) is 0.459. The number of rotatable bonds is 3. The van der Waals surface area contributed by atoms with Crippen LogP contribution in [0.1, 0.15) is 13.8 Å². The van der Waals surface area contributed by atoms with Gasteiger partial charge in [-0.25, -0.2) is 0 Å². The summed E-state index contributed by atoms with van der Waals surface area (Å²) in [6.45, 7) is 7.54. The maximum absolute atomic E-state index is 12.7. The molecule has 0 atom stereocenters. The average molecular weight is 280 g/mol. The van der Waals surface area contributed by atoms with Gasteiger partial charge in [0.05, 0.1) is 5.39 Å². The monoisotopic (exact) mass is 280 g/mol. The molecule has 1 aromatic heterocycles. The normalized spacial score (nSPS) is 11.7. The Bertz CT molecular complexity index is 888. The molecule has 0 N–H and O–H groups in total. The third-order valence-electron chi connectivity index (χ3n) is 3.43. The molecule has 0 fully saturated rings. The molecule has 0 radical (unpaired) electrons. The van der Waals surface area contributed by atoms with Crippen molar-refractivity contribution in [1.82, 2.24) is 0 Å². The largest absolute Gasteiger partial charge is 0.483 e. The number of hydrogen-bond acceptors (Lipinski definition) is 3. The predicted octanol–water partition coefficient (Wildman–Crippen LogP) is 4.29. The van der Waals surface area contributed by atoms with E-state index in [4.69, 9.17) is 9.15 Å². The van der Waals surface area contributed by atoms with E-state index in [1.54, 1.807) is 30.3 Å². The van der Waals surface area contributed by atoms with Crippen molar-refractivity contribution >= 4 is 21.9 Å². The van der Waals surface area contributed by atoms with Crippen LogP contribution in [0.4, 0.5) is 0 Å². The summed E-state index contributed by atoms with van der Waals surface area (Å²) >= 11 is 0. The van der Waals surface area contributed by atoms with Crippen LogP contribution in [0.15, 0.2) is 64.3 Å². The van der Waals surface area contributed by atoms with Crippen molar-refractivity contribution in [3.8, 4) is 5.75 Å². The SMILES string of the molecule is C=CC(C)(C)Oc1cccc2oc3ccccc3c(=O)c12. The molecule has 3 nitrogen and oxygen atoms in total. The molecule has 3 rings (SSSR count). The van der Waals surface area contributed by atoms with Gasteiger partial charge in [0, 0.05) is 0 Å². The molecular weight excluding hydrogens is 264 g/mol. The van der Waals surface area contributed by atoms with Gasteiger partial charge in [0.1, 0.15) is 27.9 Å². The van der Waals surface area contributed by atoms with Crippen LogP contribution in [0.25, 0.3) is 21.9 Å². The molecule has 3 heteroatoms. The molecule has 0 spiro atoms. The molecule has 0 aliphatic carbocycles. The highest BCUT2D eigenvalue weighted by Crippen LogP contribution is 2.28. The van der Waals surface area contributed by atoms with Crippen molar-refractivity contribution in [2.75, 3.05) is 0 Å². The molecule has 3 aromatic rings. The van der Waals surface area contributed by atoms with Gasteiger partial charge in [-0.15, -0.1) is 0 Å². The Balaban J connectivity index is 2.35. The molecule has 2 aromatic carbocycles. The zero-order valence-corrected chi connectivity index (χ0v) is 12.1. The van der Waals surface area contributed by atoms with Gasteiger partial charge in [-0.3, -0.25) is 4.79 Å². The Kier molecular flexibility index (Phi) is 3.05. The molecule has 0 bridgehead atoms. The lowest BCUT2D eigenvalue weighted by Gasteiger charge is -2.23. The first-order valence-electron chi connectivity index (χ1n) is 6.79. The van der Waals surface area contributed by atoms with Gasteiger partial charge in [0.2, 0.25) is 5.43 Å². The van der Waals surface area contributed by atoms with Crippen LogP contribution in [0.2, 0.25) is 0 Å². The predicted molar refractivity (Wildman–Crippen MR) is 84.9 cm³/mol. The van der Waals surface area contributed by atoms with Gasteiger partial charge in [0.25, 0.3) is 0 Å². The van der Waals surface area contributed by atoms with Crippen LogP contribution in [0, 0.1) is 0 Å². The molecule has 0 amide bonds. The summed E-state index contributed by atoms with van der Waals surface area (Å²) in [5.74, 6) is 0.511. The van der Waals surface area contributed by atoms with Crippen LogP contribution in [-0.2, 0) is 0 Å². The summed E-state index contributed by atoms with van der Waals surface area (Å²) < 4.78 is 11.7. The van der Waals surface area contributed by atoms with Crippen LogP contribution in [-0.4, -0.2) is 5.60 Å². The minimum atomic E-state index is -0.563. The van der Waals surface area contributed by atoms with Crippen molar-refractivity contribution in [3.05, 3.63) is 65.3 Å². The highest BCUT2D eigenvalue weighted by atomic mass is 16.5. The van der Waals surface area contributed by atoms with Crippen molar-refractivity contribution in [2.45, 2.75) is 19.4 Å². The zero-order chi connectivity index (χ0) is 15.0. The Morgan fingerprint density at radius 1 is 1.10 bits per heavy atom. The summed E-state index contributed by atoms with van der Waals surface area (Å²) in [5, 5.41) is 1.02. The van der Waals surface area contributed by atoms with E-state index >= 15 is 0 Å². The fourth-order valence-corrected chi connectivity index (χ4v) is 2.23. The molecule has 1 heterocycles. The second-order valence-corrected chi connectivity index (χ2v) is 5.47. The van der Waals surface area contributed by atoms with E-state index in [1.807, 2.05) is 32.0 Å². The third-order valence-corrected chi connectivity index (χ3v) is 3.43. The van der Waals surface area contributed by atoms with Crippen LogP contribution < -0.4 is 10.2 Å². The zero-order valence-electron chi connectivity index (χ0n) is 12.1. The third kappa shape index (κ3) is 2.31. The minimum absolute atomic E-state index is 0.0812. The van der Waals surface area contributed by atoms with E-state index in [-0.39, 0.29) is 5.43 Å². The first-order valence-corrected chi connectivity index (χ1v) is 6.79. The van der Waals surface area contributed by atoms with Crippen LogP contribution >= 0.6 is 0 Å². The van der Waals surface area contributed by atoms with Gasteiger partial charge in [-0.1, -0.05) is 24.8 Å². The summed E-state index contributed by atoms with van der Waals surface area (Å²) in [6, 6.07) is 12.6. The molecule has 0 aliphatic rings. The van der Waals surface area contributed by atoms with E-state index in [0.717, 1.165) is 0 Å². The van der Waals surface area contributed by atoms with Gasteiger partial charge in [0.15, 0.2) is 0 Å². The Hall–Kier alpha value is -2.55. The van der Waals surface area contributed by atoms with E-state index in [1.165, 1.54) is 0 Å². The second-order valence-electron chi connectivity index (χ2n) is 5.47. The quantitative estimate of drug-likeness (QED) is 0.530. The lowest BCUT2D eigenvalue weighted by Crippen LogP contribution is -2.25. The highest BCUT2D eigenvalue weighted by Gasteiger charge is 2.19. The number of para-hydroxylation sites is 1. The lowest BCUT2D eigenvalue weighted by molar-refractivity contribution is 0.165. The maximum Gasteiger partial charge on any atom is 0.204 e. The Morgan fingerprint density at radius 3 is 2.57 bits per heavy atom. The summed E-state index contributed by atoms with van der Waals surface area (Å²) in [4.78, 5) is 12.7. The molecule has 21 heavy (non-hydrogen) atoms. The topological polar surface area (TPSA) is 39.4 Å². The van der Waals surface area contributed by atoms with Gasteiger partial charge >= 0.3 is 0 Å². The first kappa shape index (κ1) is 13.4. The molecule has 106 valence electrons. The van der Waals surface area contributed by atoms with Gasteiger partial charge < -0.3 is 9.15 Å². The maximum atomic E-state index is 12.7. The lowest BCUT2D eigenvalue weighted by atomic mass is 10.1. The van der Waals surface area contributed by atoms with Crippen LogP contribution in [0.3, 0.4) is 0 Å². The second kappa shape index (κ2) is 4.77. The minimum Gasteiger partial charge on any atom is -0.483 e. The molecular formula is C18H16O3. The molecule has 0 aliphatic heterocycles. The molecule has 0 saturated carbocycles. The van der Waals surface area contributed by atoms with Gasteiger partial charge in [-0.05, 0) is 44.2 Å². The molecule has 0 unspecified atom stereocenters. The Labute approximate surface area is 122 Å². The van der Waals surface area contributed by atoms with E-state index in [9.17, 15) is 4.79 Å². The van der Waals surface area contributed by atoms with Crippen molar-refractivity contribution < 1.29 is 9.15 Å². The Morgan fingerprint density at radius 2 is 1.81 bits per heavy atom. The highest BCUT2D eigenvalue weighted by molar-refractivity contribution is 5.93. The smallest absolute Gasteiger partial charge is 0.204 e. The molecule has 0 saturated heterocycles. The number of ether oxygens (including phenoxy) is 1. The van der Waals surface area contributed by atoms with Crippen molar-refractivity contribution in [1.29, 1.82) is 0 Å². The summed E-state index contributed by atoms with van der Waals surface area (Å²) in [7, 11) is 0. The van der Waals surface area contributed by atoms with E-state index in [2.05, 4.69) is 6.58 Å². The number of hydrogen-bond donors (Lipinski definition) is 0. The average Bonchev–Trinajstić information content (AvgIpc) is 2.47.